The van der Waals surface area contributed by atoms with Crippen LogP contribution in [-0.2, 0) is 26.1 Å². The number of carbonyl (C=O) groups is 1. The number of morpholine rings is 1. The summed E-state index contributed by atoms with van der Waals surface area (Å²) >= 11 is 0. The van der Waals surface area contributed by atoms with Crippen molar-refractivity contribution in [1.29, 1.82) is 0 Å². The minimum Gasteiger partial charge on any atom is -0.457 e. The largest absolute Gasteiger partial charge is 0.457 e. The Kier molecular flexibility index (Phi) is 6.12. The monoisotopic (exact) mass is 407 g/mol. The number of hydrogen-bond acceptors (Lipinski definition) is 5. The summed E-state index contributed by atoms with van der Waals surface area (Å²) in [6, 6.07) is 11.5. The van der Waals surface area contributed by atoms with E-state index in [4.69, 9.17) is 9.47 Å². The van der Waals surface area contributed by atoms with Gasteiger partial charge in [0.2, 0.25) is 10.0 Å². The number of esters is 1. The zero-order chi connectivity index (χ0) is 20.3. The quantitative estimate of drug-likeness (QED) is 0.713. The van der Waals surface area contributed by atoms with E-state index in [9.17, 15) is 17.6 Å². The number of hydrogen-bond donors (Lipinski definition) is 0. The van der Waals surface area contributed by atoms with Gasteiger partial charge in [-0.25, -0.2) is 17.6 Å². The lowest BCUT2D eigenvalue weighted by atomic mass is 10.2. The highest BCUT2D eigenvalue weighted by Gasteiger charge is 2.32. The molecule has 0 N–H and O–H groups in total. The molecule has 2 aromatic rings. The molecular formula is C20H22FNO5S. The molecule has 1 fully saturated rings. The predicted molar refractivity (Wildman–Crippen MR) is 101 cm³/mol. The van der Waals surface area contributed by atoms with E-state index < -0.39 is 21.8 Å². The normalized spacial score (nSPS) is 20.7. The van der Waals surface area contributed by atoms with Crippen LogP contribution in [0.25, 0.3) is 0 Å². The number of sulfonamides is 1. The third-order valence-electron chi connectivity index (χ3n) is 4.35. The SMILES string of the molecule is C[C@H]1CN(S(=O)(=O)c2cccc(C(=O)OCc3cccc(F)c3)c2)C[C@H](C)O1. The van der Waals surface area contributed by atoms with E-state index in [1.54, 1.807) is 6.07 Å². The molecule has 0 aliphatic carbocycles. The van der Waals surface area contributed by atoms with Crippen molar-refractivity contribution in [3.63, 3.8) is 0 Å². The van der Waals surface area contributed by atoms with Crippen LogP contribution >= 0.6 is 0 Å². The van der Waals surface area contributed by atoms with Crippen molar-refractivity contribution in [2.45, 2.75) is 37.6 Å². The summed E-state index contributed by atoms with van der Waals surface area (Å²) in [6.45, 7) is 4.03. The Morgan fingerprint density at radius 1 is 1.14 bits per heavy atom. The van der Waals surface area contributed by atoms with Gasteiger partial charge in [-0.05, 0) is 49.7 Å². The number of rotatable bonds is 5. The molecule has 3 rings (SSSR count). The first-order valence-electron chi connectivity index (χ1n) is 8.93. The zero-order valence-corrected chi connectivity index (χ0v) is 16.5. The second kappa shape index (κ2) is 8.38. The van der Waals surface area contributed by atoms with Gasteiger partial charge in [-0.1, -0.05) is 18.2 Å². The van der Waals surface area contributed by atoms with E-state index in [0.29, 0.717) is 5.56 Å². The van der Waals surface area contributed by atoms with Gasteiger partial charge in [-0.3, -0.25) is 0 Å². The van der Waals surface area contributed by atoms with Crippen LogP contribution in [-0.4, -0.2) is 44.0 Å². The third kappa shape index (κ3) is 4.76. The number of carbonyl (C=O) groups excluding carboxylic acids is 1. The second-order valence-electron chi connectivity index (χ2n) is 6.81. The lowest BCUT2D eigenvalue weighted by Crippen LogP contribution is -2.48. The Labute approximate surface area is 163 Å². The Morgan fingerprint density at radius 2 is 1.82 bits per heavy atom. The summed E-state index contributed by atoms with van der Waals surface area (Å²) in [7, 11) is -3.76. The minimum absolute atomic E-state index is 0.0222. The van der Waals surface area contributed by atoms with Gasteiger partial charge in [-0.15, -0.1) is 0 Å². The molecule has 0 saturated carbocycles. The fraction of sp³-hybridized carbons (Fsp3) is 0.350. The van der Waals surface area contributed by atoms with E-state index in [-0.39, 0.29) is 42.4 Å². The maximum Gasteiger partial charge on any atom is 0.338 e. The third-order valence-corrected chi connectivity index (χ3v) is 6.18. The van der Waals surface area contributed by atoms with Gasteiger partial charge in [0, 0.05) is 13.1 Å². The van der Waals surface area contributed by atoms with Crippen molar-refractivity contribution in [2.24, 2.45) is 0 Å². The van der Waals surface area contributed by atoms with Gasteiger partial charge in [0.25, 0.3) is 0 Å². The summed E-state index contributed by atoms with van der Waals surface area (Å²) in [4.78, 5) is 12.3. The van der Waals surface area contributed by atoms with Crippen LogP contribution in [0.15, 0.2) is 53.4 Å². The summed E-state index contributed by atoms with van der Waals surface area (Å²) in [5, 5.41) is 0. The molecule has 2 aromatic carbocycles. The highest BCUT2D eigenvalue weighted by Crippen LogP contribution is 2.22. The first-order chi connectivity index (χ1) is 13.3. The maximum absolute atomic E-state index is 13.2. The highest BCUT2D eigenvalue weighted by atomic mass is 32.2. The van der Waals surface area contributed by atoms with Crippen molar-refractivity contribution < 1.29 is 27.1 Å². The van der Waals surface area contributed by atoms with Gasteiger partial charge < -0.3 is 9.47 Å². The first-order valence-corrected chi connectivity index (χ1v) is 10.4. The molecule has 0 radical (unpaired) electrons. The van der Waals surface area contributed by atoms with Gasteiger partial charge in [0.05, 0.1) is 22.7 Å². The number of benzene rings is 2. The standard InChI is InChI=1S/C20H22FNO5S/c1-14-11-22(12-15(2)27-14)28(24,25)19-8-4-6-17(10-19)20(23)26-13-16-5-3-7-18(21)9-16/h3-10,14-15H,11-13H2,1-2H3/t14-,15-/m0/s1. The lowest BCUT2D eigenvalue weighted by Gasteiger charge is -2.34. The van der Waals surface area contributed by atoms with Gasteiger partial charge in [0.15, 0.2) is 0 Å². The Hall–Kier alpha value is -2.29. The minimum atomic E-state index is -3.76. The van der Waals surface area contributed by atoms with Crippen LogP contribution in [0.1, 0.15) is 29.8 Å². The summed E-state index contributed by atoms with van der Waals surface area (Å²) < 4.78 is 51.2. The highest BCUT2D eigenvalue weighted by molar-refractivity contribution is 7.89. The van der Waals surface area contributed by atoms with Crippen molar-refractivity contribution in [3.05, 3.63) is 65.5 Å². The van der Waals surface area contributed by atoms with E-state index in [1.807, 2.05) is 13.8 Å². The van der Waals surface area contributed by atoms with Crippen LogP contribution in [0.5, 0.6) is 0 Å². The van der Waals surface area contributed by atoms with Crippen molar-refractivity contribution in [3.8, 4) is 0 Å². The predicted octanol–water partition coefficient (Wildman–Crippen LogP) is 2.98. The number of halogens is 1. The summed E-state index contributed by atoms with van der Waals surface area (Å²) in [6.07, 6.45) is -0.420. The smallest absolute Gasteiger partial charge is 0.338 e. The van der Waals surface area contributed by atoms with Crippen LogP contribution < -0.4 is 0 Å². The average molecular weight is 407 g/mol. The number of nitrogens with zero attached hydrogens (tertiary/aromatic N) is 1. The topological polar surface area (TPSA) is 72.9 Å². The Morgan fingerprint density at radius 3 is 2.50 bits per heavy atom. The van der Waals surface area contributed by atoms with Gasteiger partial charge in [0.1, 0.15) is 12.4 Å². The van der Waals surface area contributed by atoms with Crippen molar-refractivity contribution in [2.75, 3.05) is 13.1 Å². The van der Waals surface area contributed by atoms with E-state index in [0.717, 1.165) is 0 Å². The van der Waals surface area contributed by atoms with E-state index >= 15 is 0 Å². The molecule has 6 nitrogen and oxygen atoms in total. The van der Waals surface area contributed by atoms with E-state index in [2.05, 4.69) is 0 Å². The zero-order valence-electron chi connectivity index (χ0n) is 15.7. The molecule has 1 heterocycles. The van der Waals surface area contributed by atoms with Crippen LogP contribution in [0.4, 0.5) is 4.39 Å². The van der Waals surface area contributed by atoms with Gasteiger partial charge in [-0.2, -0.15) is 4.31 Å². The molecule has 0 aromatic heterocycles. The molecule has 150 valence electrons. The van der Waals surface area contributed by atoms with E-state index in [1.165, 1.54) is 46.8 Å². The molecule has 0 bridgehead atoms. The fourth-order valence-corrected chi connectivity index (χ4v) is 4.76. The molecule has 0 unspecified atom stereocenters. The molecule has 0 spiro atoms. The molecule has 1 aliphatic rings. The van der Waals surface area contributed by atoms with Crippen LogP contribution in [0, 0.1) is 5.82 Å². The fourth-order valence-electron chi connectivity index (χ4n) is 3.12. The van der Waals surface area contributed by atoms with Crippen LogP contribution in [0.3, 0.4) is 0 Å². The van der Waals surface area contributed by atoms with Crippen LogP contribution in [0.2, 0.25) is 0 Å². The van der Waals surface area contributed by atoms with Crippen molar-refractivity contribution in [1.82, 2.24) is 4.31 Å². The maximum atomic E-state index is 13.2. The molecule has 28 heavy (non-hydrogen) atoms. The molecule has 8 heteroatoms. The molecule has 2 atom stereocenters. The molecule has 1 saturated heterocycles. The Balaban J connectivity index is 1.74. The molecular weight excluding hydrogens is 385 g/mol. The summed E-state index contributed by atoms with van der Waals surface area (Å²) in [5.41, 5.74) is 0.625. The van der Waals surface area contributed by atoms with Crippen molar-refractivity contribution >= 4 is 16.0 Å². The number of ether oxygens (including phenoxy) is 2. The average Bonchev–Trinajstić information content (AvgIpc) is 2.65. The second-order valence-corrected chi connectivity index (χ2v) is 8.75. The first kappa shape index (κ1) is 20.4. The Bertz CT molecular complexity index is 953. The lowest BCUT2D eigenvalue weighted by molar-refractivity contribution is -0.0440. The molecule has 1 aliphatic heterocycles. The van der Waals surface area contributed by atoms with Gasteiger partial charge >= 0.3 is 5.97 Å². The summed E-state index contributed by atoms with van der Waals surface area (Å²) in [5.74, 6) is -1.10. The molecule has 0 amide bonds.